The van der Waals surface area contributed by atoms with Crippen molar-refractivity contribution in [3.05, 3.63) is 29.6 Å². The molecule has 0 amide bonds. The topological polar surface area (TPSA) is 55.5 Å². The van der Waals surface area contributed by atoms with E-state index in [0.29, 0.717) is 30.8 Å². The Labute approximate surface area is 101 Å². The summed E-state index contributed by atoms with van der Waals surface area (Å²) in [6.45, 7) is 4.07. The zero-order chi connectivity index (χ0) is 12.9. The molecule has 17 heavy (non-hydrogen) atoms. The second kappa shape index (κ2) is 5.98. The van der Waals surface area contributed by atoms with Gasteiger partial charge in [0.25, 0.3) is 0 Å². The summed E-state index contributed by atoms with van der Waals surface area (Å²) in [5.74, 6) is 0.247. The molecule has 0 saturated carbocycles. The van der Waals surface area contributed by atoms with Crippen molar-refractivity contribution in [1.82, 2.24) is 0 Å². The van der Waals surface area contributed by atoms with E-state index >= 15 is 0 Å². The Kier molecular flexibility index (Phi) is 4.90. The summed E-state index contributed by atoms with van der Waals surface area (Å²) in [6.07, 6.45) is 1.25. The van der Waals surface area contributed by atoms with Gasteiger partial charge < -0.3 is 15.6 Å². The Morgan fingerprint density at radius 3 is 2.76 bits per heavy atom. The highest BCUT2D eigenvalue weighted by Crippen LogP contribution is 2.17. The fourth-order valence-electron chi connectivity index (χ4n) is 1.41. The van der Waals surface area contributed by atoms with E-state index < -0.39 is 5.60 Å². The summed E-state index contributed by atoms with van der Waals surface area (Å²) in [5, 5.41) is 9.66. The third-order valence-corrected chi connectivity index (χ3v) is 2.71. The molecule has 0 aliphatic rings. The van der Waals surface area contributed by atoms with Crippen LogP contribution in [0.5, 0.6) is 5.75 Å². The van der Waals surface area contributed by atoms with E-state index in [4.69, 9.17) is 10.5 Å². The maximum absolute atomic E-state index is 13.2. The Bertz CT molecular complexity index is 366. The molecule has 1 aromatic carbocycles. The lowest BCUT2D eigenvalue weighted by Crippen LogP contribution is -2.34. The van der Waals surface area contributed by atoms with Gasteiger partial charge in [0, 0.05) is 12.6 Å². The molecule has 0 aliphatic carbocycles. The molecule has 0 aromatic heterocycles. The average molecular weight is 241 g/mol. The molecule has 3 N–H and O–H groups in total. The predicted octanol–water partition coefficient (Wildman–Crippen LogP) is 2.00. The van der Waals surface area contributed by atoms with E-state index in [0.717, 1.165) is 0 Å². The second-order valence-corrected chi connectivity index (χ2v) is 4.56. The van der Waals surface area contributed by atoms with Crippen LogP contribution in [0.4, 0.5) is 4.39 Å². The van der Waals surface area contributed by atoms with Crippen LogP contribution in [0.2, 0.25) is 0 Å². The fourth-order valence-corrected chi connectivity index (χ4v) is 1.41. The minimum Gasteiger partial charge on any atom is -0.493 e. The molecule has 1 unspecified atom stereocenters. The van der Waals surface area contributed by atoms with Gasteiger partial charge in [0.1, 0.15) is 11.6 Å². The lowest BCUT2D eigenvalue weighted by molar-refractivity contribution is 0.0536. The van der Waals surface area contributed by atoms with Gasteiger partial charge in [0.2, 0.25) is 0 Å². The molecule has 1 atom stereocenters. The number of hydrogen-bond acceptors (Lipinski definition) is 3. The zero-order valence-electron chi connectivity index (χ0n) is 10.4. The van der Waals surface area contributed by atoms with Crippen LogP contribution in [0.1, 0.15) is 25.3 Å². The molecular formula is C13H20FNO2. The van der Waals surface area contributed by atoms with Crippen LogP contribution >= 0.6 is 0 Å². The van der Waals surface area contributed by atoms with Gasteiger partial charge in [-0.1, -0.05) is 6.07 Å². The summed E-state index contributed by atoms with van der Waals surface area (Å²) < 4.78 is 18.6. The first-order valence-electron chi connectivity index (χ1n) is 5.76. The van der Waals surface area contributed by atoms with Crippen molar-refractivity contribution in [1.29, 1.82) is 0 Å². The normalized spacial score (nSPS) is 14.4. The molecule has 96 valence electrons. The molecule has 0 aliphatic heterocycles. The number of nitrogens with two attached hydrogens (primary N) is 1. The molecule has 1 rings (SSSR count). The zero-order valence-corrected chi connectivity index (χ0v) is 10.4. The van der Waals surface area contributed by atoms with Gasteiger partial charge in [0.15, 0.2) is 0 Å². The van der Waals surface area contributed by atoms with Gasteiger partial charge in [-0.05, 0) is 38.3 Å². The highest BCUT2D eigenvalue weighted by Gasteiger charge is 2.16. The van der Waals surface area contributed by atoms with Gasteiger partial charge in [-0.15, -0.1) is 0 Å². The Morgan fingerprint density at radius 2 is 2.18 bits per heavy atom. The monoisotopic (exact) mass is 241 g/mol. The van der Waals surface area contributed by atoms with Gasteiger partial charge in [-0.2, -0.15) is 0 Å². The Balaban J connectivity index is 2.34. The van der Waals surface area contributed by atoms with Crippen molar-refractivity contribution in [3.8, 4) is 5.75 Å². The summed E-state index contributed by atoms with van der Waals surface area (Å²) in [6, 6.07) is 4.79. The van der Waals surface area contributed by atoms with Crippen molar-refractivity contribution >= 4 is 0 Å². The minimum atomic E-state index is -0.845. The lowest BCUT2D eigenvalue weighted by atomic mass is 10.0. The Morgan fingerprint density at radius 1 is 1.47 bits per heavy atom. The lowest BCUT2D eigenvalue weighted by Gasteiger charge is -2.20. The smallest absolute Gasteiger partial charge is 0.129 e. The van der Waals surface area contributed by atoms with Crippen LogP contribution in [-0.2, 0) is 0 Å². The van der Waals surface area contributed by atoms with Gasteiger partial charge in [0.05, 0.1) is 12.2 Å². The third-order valence-electron chi connectivity index (χ3n) is 2.71. The third kappa shape index (κ3) is 4.71. The molecule has 0 saturated heterocycles. The molecule has 3 nitrogen and oxygen atoms in total. The van der Waals surface area contributed by atoms with E-state index in [1.54, 1.807) is 26.0 Å². The fraction of sp³-hybridized carbons (Fsp3) is 0.538. The highest BCUT2D eigenvalue weighted by molar-refractivity contribution is 5.27. The Hall–Kier alpha value is -1.13. The van der Waals surface area contributed by atoms with Crippen molar-refractivity contribution in [3.63, 3.8) is 0 Å². The van der Waals surface area contributed by atoms with Crippen molar-refractivity contribution < 1.29 is 14.2 Å². The van der Waals surface area contributed by atoms with Gasteiger partial charge >= 0.3 is 0 Å². The molecular weight excluding hydrogens is 221 g/mol. The van der Waals surface area contributed by atoms with Crippen LogP contribution in [-0.4, -0.2) is 23.9 Å². The maximum atomic E-state index is 13.2. The van der Waals surface area contributed by atoms with Crippen LogP contribution in [0.25, 0.3) is 0 Å². The van der Waals surface area contributed by atoms with E-state index in [-0.39, 0.29) is 12.4 Å². The largest absolute Gasteiger partial charge is 0.493 e. The minimum absolute atomic E-state index is 0.228. The SMILES string of the molecule is Cc1ccc(OCCCC(C)(O)CN)cc1F. The quantitative estimate of drug-likeness (QED) is 0.749. The first-order chi connectivity index (χ1) is 7.94. The van der Waals surface area contributed by atoms with E-state index in [1.165, 1.54) is 6.07 Å². The predicted molar refractivity (Wildman–Crippen MR) is 65.5 cm³/mol. The number of ether oxygens (including phenoxy) is 1. The van der Waals surface area contributed by atoms with Crippen molar-refractivity contribution in [2.45, 2.75) is 32.3 Å². The molecule has 0 bridgehead atoms. The van der Waals surface area contributed by atoms with Crippen molar-refractivity contribution in [2.75, 3.05) is 13.2 Å². The van der Waals surface area contributed by atoms with Gasteiger partial charge in [-0.25, -0.2) is 4.39 Å². The molecule has 1 aromatic rings. The average Bonchev–Trinajstić information content (AvgIpc) is 2.29. The molecule has 4 heteroatoms. The first kappa shape index (κ1) is 13.9. The van der Waals surface area contributed by atoms with Crippen molar-refractivity contribution in [2.24, 2.45) is 5.73 Å². The summed E-state index contributed by atoms with van der Waals surface area (Å²) in [7, 11) is 0. The van der Waals surface area contributed by atoms with Crippen LogP contribution in [0, 0.1) is 12.7 Å². The molecule has 0 spiro atoms. The summed E-state index contributed by atoms with van der Waals surface area (Å²) in [5.41, 5.74) is 5.15. The molecule has 0 fully saturated rings. The second-order valence-electron chi connectivity index (χ2n) is 4.56. The standard InChI is InChI=1S/C13H20FNO2/c1-10-4-5-11(8-12(10)14)17-7-3-6-13(2,16)9-15/h4-5,8,16H,3,6-7,9,15H2,1-2H3. The van der Waals surface area contributed by atoms with E-state index in [2.05, 4.69) is 0 Å². The maximum Gasteiger partial charge on any atom is 0.129 e. The summed E-state index contributed by atoms with van der Waals surface area (Å²) in [4.78, 5) is 0. The number of halogens is 1. The summed E-state index contributed by atoms with van der Waals surface area (Å²) >= 11 is 0. The first-order valence-corrected chi connectivity index (χ1v) is 5.76. The number of aryl methyl sites for hydroxylation is 1. The van der Waals surface area contributed by atoms with Gasteiger partial charge in [-0.3, -0.25) is 0 Å². The van der Waals surface area contributed by atoms with Crippen LogP contribution in [0.3, 0.4) is 0 Å². The number of rotatable bonds is 6. The van der Waals surface area contributed by atoms with E-state index in [1.807, 2.05) is 0 Å². The number of hydrogen-bond donors (Lipinski definition) is 2. The van der Waals surface area contributed by atoms with Crippen LogP contribution in [0.15, 0.2) is 18.2 Å². The highest BCUT2D eigenvalue weighted by atomic mass is 19.1. The molecule has 0 heterocycles. The molecule has 0 radical (unpaired) electrons. The van der Waals surface area contributed by atoms with Crippen LogP contribution < -0.4 is 10.5 Å². The number of benzene rings is 1. The number of aliphatic hydroxyl groups is 1. The van der Waals surface area contributed by atoms with E-state index in [9.17, 15) is 9.50 Å².